The van der Waals surface area contributed by atoms with Crippen molar-refractivity contribution in [3.8, 4) is 0 Å². The first-order valence-corrected chi connectivity index (χ1v) is 3.25. The molecule has 1 nitrogen and oxygen atoms in total. The molecule has 0 aliphatic heterocycles. The topological polar surface area (TPSA) is 13.1 Å². The van der Waals surface area contributed by atoms with Crippen LogP contribution in [0.2, 0.25) is 0 Å². The van der Waals surface area contributed by atoms with Crippen LogP contribution in [0.3, 0.4) is 0 Å². The van der Waals surface area contributed by atoms with Crippen molar-refractivity contribution in [3.05, 3.63) is 23.8 Å². The van der Waals surface area contributed by atoms with Crippen LogP contribution >= 0.6 is 11.3 Å². The molecule has 0 aliphatic carbocycles. The third-order valence-electron chi connectivity index (χ3n) is 1.08. The maximum absolute atomic E-state index is 5.08. The highest BCUT2D eigenvalue weighted by Gasteiger charge is 1.92. The van der Waals surface area contributed by atoms with Gasteiger partial charge in [-0.3, -0.25) is 0 Å². The van der Waals surface area contributed by atoms with Crippen LogP contribution in [0.5, 0.6) is 0 Å². The van der Waals surface area contributed by atoms with Gasteiger partial charge < -0.3 is 4.42 Å². The van der Waals surface area contributed by atoms with E-state index >= 15 is 0 Å². The summed E-state index contributed by atoms with van der Waals surface area (Å²) in [7, 11) is 0. The second-order valence-corrected chi connectivity index (χ2v) is 2.46. The molecule has 2 rings (SSSR count). The molecular formula is C6H4OS. The zero-order valence-corrected chi connectivity index (χ0v) is 4.94. The lowest BCUT2D eigenvalue weighted by Gasteiger charge is -1.65. The van der Waals surface area contributed by atoms with Gasteiger partial charge in [0.25, 0.3) is 0 Å². The molecular weight excluding hydrogens is 120 g/mol. The van der Waals surface area contributed by atoms with Crippen LogP contribution in [0.4, 0.5) is 0 Å². The van der Waals surface area contributed by atoms with Crippen LogP contribution < -0.4 is 0 Å². The van der Waals surface area contributed by atoms with Gasteiger partial charge in [0.05, 0.1) is 6.26 Å². The van der Waals surface area contributed by atoms with Gasteiger partial charge >= 0.3 is 0 Å². The standard InChI is InChI=1S/C6H4OS/c1-3-7-6-5(1)2-4-8-6/h1-4H. The van der Waals surface area contributed by atoms with Crippen LogP contribution in [0.25, 0.3) is 10.3 Å². The molecule has 0 unspecified atom stereocenters. The van der Waals surface area contributed by atoms with E-state index in [9.17, 15) is 0 Å². The highest BCUT2D eigenvalue weighted by atomic mass is 32.1. The lowest BCUT2D eigenvalue weighted by Crippen LogP contribution is -1.37. The highest BCUT2D eigenvalue weighted by molar-refractivity contribution is 7.16. The maximum atomic E-state index is 5.08. The van der Waals surface area contributed by atoms with Gasteiger partial charge in [-0.15, -0.1) is 11.3 Å². The summed E-state index contributed by atoms with van der Waals surface area (Å²) in [6.07, 6.45) is 1.71. The number of fused-ring (bicyclic) bond motifs is 1. The second kappa shape index (κ2) is 1.36. The van der Waals surface area contributed by atoms with Crippen molar-refractivity contribution >= 4 is 21.6 Å². The van der Waals surface area contributed by atoms with Crippen LogP contribution in [0.1, 0.15) is 0 Å². The molecule has 8 heavy (non-hydrogen) atoms. The van der Waals surface area contributed by atoms with E-state index in [0.29, 0.717) is 0 Å². The number of hydrogen-bond donors (Lipinski definition) is 0. The molecule has 0 bridgehead atoms. The second-order valence-electron chi connectivity index (χ2n) is 1.58. The van der Waals surface area contributed by atoms with Gasteiger partial charge in [-0.05, 0) is 17.5 Å². The van der Waals surface area contributed by atoms with E-state index in [1.165, 1.54) is 5.39 Å². The fourth-order valence-corrected chi connectivity index (χ4v) is 1.42. The van der Waals surface area contributed by atoms with Gasteiger partial charge in [0.1, 0.15) is 0 Å². The van der Waals surface area contributed by atoms with Crippen molar-refractivity contribution in [1.29, 1.82) is 0 Å². The van der Waals surface area contributed by atoms with Crippen LogP contribution in [-0.2, 0) is 0 Å². The molecule has 40 valence electrons. The average Bonchev–Trinajstić information content (AvgIpc) is 2.15. The zero-order valence-electron chi connectivity index (χ0n) is 4.13. The van der Waals surface area contributed by atoms with Gasteiger partial charge in [-0.2, -0.15) is 0 Å². The molecule has 0 amide bonds. The third kappa shape index (κ3) is 0.406. The highest BCUT2D eigenvalue weighted by Crippen LogP contribution is 2.20. The molecule has 0 atom stereocenters. The molecule has 0 aromatic carbocycles. The third-order valence-corrected chi connectivity index (χ3v) is 1.90. The minimum atomic E-state index is 1.02. The lowest BCUT2D eigenvalue weighted by atomic mass is 10.4. The molecule has 0 spiro atoms. The van der Waals surface area contributed by atoms with Crippen molar-refractivity contribution < 1.29 is 4.42 Å². The Balaban J connectivity index is 3.06. The van der Waals surface area contributed by atoms with E-state index in [2.05, 4.69) is 0 Å². The van der Waals surface area contributed by atoms with Crippen molar-refractivity contribution in [2.45, 2.75) is 0 Å². The predicted octanol–water partition coefficient (Wildman–Crippen LogP) is 2.49. The summed E-state index contributed by atoms with van der Waals surface area (Å²) in [6.45, 7) is 0. The van der Waals surface area contributed by atoms with E-state index in [1.807, 2.05) is 17.5 Å². The van der Waals surface area contributed by atoms with Crippen LogP contribution in [-0.4, -0.2) is 0 Å². The van der Waals surface area contributed by atoms with E-state index in [1.54, 1.807) is 17.6 Å². The van der Waals surface area contributed by atoms with Crippen LogP contribution in [0, 0.1) is 0 Å². The maximum Gasteiger partial charge on any atom is 0.187 e. The Morgan fingerprint density at radius 2 is 2.38 bits per heavy atom. The minimum absolute atomic E-state index is 1.02. The largest absolute Gasteiger partial charge is 0.454 e. The number of furan rings is 1. The first-order valence-electron chi connectivity index (χ1n) is 2.37. The van der Waals surface area contributed by atoms with Crippen molar-refractivity contribution in [2.24, 2.45) is 0 Å². The number of rotatable bonds is 0. The summed E-state index contributed by atoms with van der Waals surface area (Å²) in [5.41, 5.74) is 0. The summed E-state index contributed by atoms with van der Waals surface area (Å²) in [5, 5.41) is 3.23. The monoisotopic (exact) mass is 124 g/mol. The molecule has 0 saturated heterocycles. The van der Waals surface area contributed by atoms with E-state index in [0.717, 1.165) is 4.90 Å². The molecule has 0 N–H and O–H groups in total. The molecule has 0 radical (unpaired) electrons. The molecule has 0 saturated carbocycles. The number of thiophene rings is 1. The van der Waals surface area contributed by atoms with E-state index in [4.69, 9.17) is 4.42 Å². The minimum Gasteiger partial charge on any atom is -0.454 e. The molecule has 0 aliphatic rings. The molecule has 2 heteroatoms. The zero-order chi connectivity index (χ0) is 5.40. The summed E-state index contributed by atoms with van der Waals surface area (Å²) < 4.78 is 5.08. The first kappa shape index (κ1) is 4.15. The van der Waals surface area contributed by atoms with Crippen molar-refractivity contribution in [3.63, 3.8) is 0 Å². The predicted molar refractivity (Wildman–Crippen MR) is 34.1 cm³/mol. The van der Waals surface area contributed by atoms with E-state index in [-0.39, 0.29) is 0 Å². The smallest absolute Gasteiger partial charge is 0.187 e. The Morgan fingerprint density at radius 3 is 3.25 bits per heavy atom. The number of hydrogen-bond acceptors (Lipinski definition) is 2. The Morgan fingerprint density at radius 1 is 1.38 bits per heavy atom. The fraction of sp³-hybridized carbons (Fsp3) is 0. The fourth-order valence-electron chi connectivity index (χ4n) is 0.694. The van der Waals surface area contributed by atoms with Crippen molar-refractivity contribution in [2.75, 3.05) is 0 Å². The summed E-state index contributed by atoms with van der Waals surface area (Å²) >= 11 is 1.63. The first-order chi connectivity index (χ1) is 3.97. The Hall–Kier alpha value is -0.760. The normalized spacial score (nSPS) is 10.5. The van der Waals surface area contributed by atoms with Gasteiger partial charge in [0.2, 0.25) is 0 Å². The lowest BCUT2D eigenvalue weighted by molar-refractivity contribution is 0.624. The van der Waals surface area contributed by atoms with Gasteiger partial charge in [0.15, 0.2) is 4.90 Å². The van der Waals surface area contributed by atoms with Gasteiger partial charge in [-0.25, -0.2) is 0 Å². The Labute approximate surface area is 50.5 Å². The Bertz CT molecular complexity index is 230. The summed E-state index contributed by atoms with van der Waals surface area (Å²) in [5.74, 6) is 0. The summed E-state index contributed by atoms with van der Waals surface area (Å²) in [6, 6.07) is 4.01. The Kier molecular flexibility index (Phi) is 0.704. The molecule has 2 aromatic heterocycles. The SMILES string of the molecule is c1cc2ccsc2o1. The molecule has 2 aromatic rings. The van der Waals surface area contributed by atoms with Gasteiger partial charge in [0, 0.05) is 5.39 Å². The quantitative estimate of drug-likeness (QED) is 0.526. The van der Waals surface area contributed by atoms with E-state index < -0.39 is 0 Å². The van der Waals surface area contributed by atoms with Gasteiger partial charge in [-0.1, -0.05) is 0 Å². The molecule has 2 heterocycles. The average molecular weight is 124 g/mol. The molecule has 0 fully saturated rings. The van der Waals surface area contributed by atoms with Crippen molar-refractivity contribution in [1.82, 2.24) is 0 Å². The van der Waals surface area contributed by atoms with Crippen LogP contribution in [0.15, 0.2) is 28.2 Å². The summed E-state index contributed by atoms with van der Waals surface area (Å²) in [4.78, 5) is 1.02.